The van der Waals surface area contributed by atoms with Crippen LogP contribution in [0, 0.1) is 0 Å². The summed E-state index contributed by atoms with van der Waals surface area (Å²) in [5, 5.41) is 26.5. The summed E-state index contributed by atoms with van der Waals surface area (Å²) in [7, 11) is 0. The number of para-hydroxylation sites is 1. The normalized spacial score (nSPS) is 14.7. The van der Waals surface area contributed by atoms with Crippen LogP contribution in [-0.4, -0.2) is 76.2 Å². The summed E-state index contributed by atoms with van der Waals surface area (Å²) in [4.78, 5) is 51.9. The second kappa shape index (κ2) is 11.9. The standard InChI is InChI=1S/C21H30N6O6/c1-11(18(29)26-16(6-7-22)21(32)33)25-20(31)17(27-19(30)14(23)10-28)8-12-9-24-15-5-3-2-4-13(12)15/h2-5,9,11,14,16-17,24,28H,6-8,10,22-23H2,1H3,(H,25,31)(H,26,29)(H,27,30)(H,32,33)/t11-,14+,16-,17+/m0/s1. The van der Waals surface area contributed by atoms with Gasteiger partial charge in [0.25, 0.3) is 0 Å². The highest BCUT2D eigenvalue weighted by molar-refractivity contribution is 5.94. The molecule has 0 spiro atoms. The Kier molecular flexibility index (Phi) is 9.33. The highest BCUT2D eigenvalue weighted by atomic mass is 16.4. The third-order valence-electron chi connectivity index (χ3n) is 5.09. The molecular formula is C21H30N6O6. The maximum atomic E-state index is 13.0. The number of aliphatic carboxylic acids is 1. The number of nitrogens with two attached hydrogens (primary N) is 2. The molecule has 0 saturated heterocycles. The van der Waals surface area contributed by atoms with Crippen LogP contribution in [-0.2, 0) is 25.6 Å². The van der Waals surface area contributed by atoms with E-state index in [-0.39, 0.29) is 19.4 Å². The minimum Gasteiger partial charge on any atom is -0.480 e. The summed E-state index contributed by atoms with van der Waals surface area (Å²) in [6, 6.07) is 2.79. The van der Waals surface area contributed by atoms with Crippen molar-refractivity contribution in [3.63, 3.8) is 0 Å². The Morgan fingerprint density at radius 3 is 2.33 bits per heavy atom. The van der Waals surface area contributed by atoms with Crippen molar-refractivity contribution in [3.8, 4) is 0 Å². The molecule has 1 aromatic carbocycles. The average molecular weight is 463 g/mol. The highest BCUT2D eigenvalue weighted by Gasteiger charge is 2.28. The van der Waals surface area contributed by atoms with E-state index < -0.39 is 54.5 Å². The lowest BCUT2D eigenvalue weighted by molar-refractivity contribution is -0.142. The van der Waals surface area contributed by atoms with Gasteiger partial charge in [0.1, 0.15) is 24.2 Å². The van der Waals surface area contributed by atoms with Gasteiger partial charge in [0, 0.05) is 23.5 Å². The van der Waals surface area contributed by atoms with E-state index >= 15 is 0 Å². The van der Waals surface area contributed by atoms with E-state index in [2.05, 4.69) is 20.9 Å². The molecule has 4 atom stereocenters. The lowest BCUT2D eigenvalue weighted by atomic mass is 10.0. The zero-order chi connectivity index (χ0) is 24.5. The zero-order valence-electron chi connectivity index (χ0n) is 18.2. The van der Waals surface area contributed by atoms with Crippen molar-refractivity contribution in [3.05, 3.63) is 36.0 Å². The van der Waals surface area contributed by atoms with Crippen LogP contribution < -0.4 is 27.4 Å². The van der Waals surface area contributed by atoms with Gasteiger partial charge in [0.15, 0.2) is 0 Å². The van der Waals surface area contributed by atoms with Gasteiger partial charge in [-0.2, -0.15) is 0 Å². The minimum absolute atomic E-state index is 0.0278. The number of carboxylic acid groups (broad SMARTS) is 1. The molecule has 0 bridgehead atoms. The number of carbonyl (C=O) groups is 4. The predicted octanol–water partition coefficient (Wildman–Crippen LogP) is -2.06. The van der Waals surface area contributed by atoms with Crippen molar-refractivity contribution in [1.29, 1.82) is 0 Å². The number of H-pyrrole nitrogens is 1. The lowest BCUT2D eigenvalue weighted by Gasteiger charge is -2.23. The van der Waals surface area contributed by atoms with Crippen molar-refractivity contribution < 1.29 is 29.4 Å². The van der Waals surface area contributed by atoms with Crippen molar-refractivity contribution in [2.75, 3.05) is 13.2 Å². The molecule has 12 nitrogen and oxygen atoms in total. The summed E-state index contributed by atoms with van der Waals surface area (Å²) in [6.45, 7) is 0.838. The van der Waals surface area contributed by atoms with Crippen LogP contribution in [0.4, 0.5) is 0 Å². The molecule has 0 radical (unpaired) electrons. The van der Waals surface area contributed by atoms with Crippen LogP contribution in [0.15, 0.2) is 30.5 Å². The fourth-order valence-electron chi connectivity index (χ4n) is 3.19. The third-order valence-corrected chi connectivity index (χ3v) is 5.09. The first-order valence-electron chi connectivity index (χ1n) is 10.4. The van der Waals surface area contributed by atoms with Crippen molar-refractivity contribution in [1.82, 2.24) is 20.9 Å². The monoisotopic (exact) mass is 462 g/mol. The number of rotatable bonds is 12. The maximum Gasteiger partial charge on any atom is 0.326 e. The Morgan fingerprint density at radius 1 is 1.03 bits per heavy atom. The molecule has 0 unspecified atom stereocenters. The lowest BCUT2D eigenvalue weighted by Crippen LogP contribution is -2.57. The summed E-state index contributed by atoms with van der Waals surface area (Å²) in [5.41, 5.74) is 12.5. The highest BCUT2D eigenvalue weighted by Crippen LogP contribution is 2.19. The van der Waals surface area contributed by atoms with Gasteiger partial charge < -0.3 is 42.6 Å². The van der Waals surface area contributed by atoms with Crippen molar-refractivity contribution >= 4 is 34.6 Å². The van der Waals surface area contributed by atoms with E-state index in [4.69, 9.17) is 21.7 Å². The van der Waals surface area contributed by atoms with Crippen LogP contribution in [0.5, 0.6) is 0 Å². The SMILES string of the molecule is C[C@H](NC(=O)[C@@H](Cc1c[nH]c2ccccc12)NC(=O)[C@H](N)CO)C(=O)N[C@@H](CCN)C(=O)O. The molecule has 1 aromatic heterocycles. The molecule has 1 heterocycles. The number of benzene rings is 1. The number of carboxylic acids is 1. The van der Waals surface area contributed by atoms with Crippen LogP contribution in [0.1, 0.15) is 18.9 Å². The topological polar surface area (TPSA) is 213 Å². The summed E-state index contributed by atoms with van der Waals surface area (Å²) < 4.78 is 0. The molecular weight excluding hydrogens is 432 g/mol. The molecule has 0 fully saturated rings. The quantitative estimate of drug-likeness (QED) is 0.175. The number of aromatic amines is 1. The number of aliphatic hydroxyl groups excluding tert-OH is 1. The Hall–Kier alpha value is -3.48. The summed E-state index contributed by atoms with van der Waals surface area (Å²) >= 11 is 0. The molecule has 0 aliphatic carbocycles. The van der Waals surface area contributed by atoms with Crippen molar-refractivity contribution in [2.24, 2.45) is 11.5 Å². The van der Waals surface area contributed by atoms with E-state index in [1.54, 1.807) is 6.20 Å². The van der Waals surface area contributed by atoms with Gasteiger partial charge in [0.2, 0.25) is 17.7 Å². The van der Waals surface area contributed by atoms with Crippen LogP contribution in [0.25, 0.3) is 10.9 Å². The number of carbonyl (C=O) groups excluding carboxylic acids is 3. The molecule has 0 aliphatic rings. The summed E-state index contributed by atoms with van der Waals surface area (Å²) in [5.74, 6) is -3.36. The number of aromatic nitrogens is 1. The average Bonchev–Trinajstić information content (AvgIpc) is 3.20. The van der Waals surface area contributed by atoms with E-state index in [1.165, 1.54) is 6.92 Å². The molecule has 2 aromatic rings. The fourth-order valence-corrected chi connectivity index (χ4v) is 3.19. The maximum absolute atomic E-state index is 13.0. The molecule has 0 saturated carbocycles. The molecule has 10 N–H and O–H groups in total. The Balaban J connectivity index is 2.16. The second-order valence-corrected chi connectivity index (χ2v) is 7.62. The number of hydrogen-bond donors (Lipinski definition) is 8. The Bertz CT molecular complexity index is 993. The van der Waals surface area contributed by atoms with E-state index in [1.807, 2.05) is 24.3 Å². The predicted molar refractivity (Wildman–Crippen MR) is 120 cm³/mol. The number of nitrogens with one attached hydrogen (secondary N) is 4. The Labute approximate surface area is 190 Å². The number of amides is 3. The van der Waals surface area contributed by atoms with Crippen LogP contribution >= 0.6 is 0 Å². The largest absolute Gasteiger partial charge is 0.480 e. The van der Waals surface area contributed by atoms with Crippen LogP contribution in [0.3, 0.4) is 0 Å². The molecule has 0 aliphatic heterocycles. The first kappa shape index (κ1) is 25.8. The number of aliphatic hydroxyl groups is 1. The molecule has 33 heavy (non-hydrogen) atoms. The van der Waals surface area contributed by atoms with Gasteiger partial charge in [-0.3, -0.25) is 14.4 Å². The van der Waals surface area contributed by atoms with Gasteiger partial charge in [-0.1, -0.05) is 18.2 Å². The number of hydrogen-bond acceptors (Lipinski definition) is 7. The van der Waals surface area contributed by atoms with Gasteiger partial charge in [-0.25, -0.2) is 4.79 Å². The minimum atomic E-state index is -1.24. The van der Waals surface area contributed by atoms with Crippen molar-refractivity contribution in [2.45, 2.75) is 43.9 Å². The van der Waals surface area contributed by atoms with Gasteiger partial charge in [-0.15, -0.1) is 0 Å². The zero-order valence-corrected chi connectivity index (χ0v) is 18.2. The second-order valence-electron chi connectivity index (χ2n) is 7.62. The van der Waals surface area contributed by atoms with E-state index in [9.17, 15) is 19.2 Å². The molecule has 3 amide bonds. The molecule has 12 heteroatoms. The first-order chi connectivity index (χ1) is 15.7. The van der Waals surface area contributed by atoms with E-state index in [0.717, 1.165) is 16.5 Å². The smallest absolute Gasteiger partial charge is 0.326 e. The van der Waals surface area contributed by atoms with Gasteiger partial charge in [0.05, 0.1) is 6.61 Å². The Morgan fingerprint density at radius 2 is 1.70 bits per heavy atom. The third kappa shape index (κ3) is 7.00. The number of fused-ring (bicyclic) bond motifs is 1. The van der Waals surface area contributed by atoms with Gasteiger partial charge >= 0.3 is 5.97 Å². The summed E-state index contributed by atoms with van der Waals surface area (Å²) in [6.07, 6.45) is 1.82. The molecule has 2 rings (SSSR count). The molecule has 180 valence electrons. The van der Waals surface area contributed by atoms with E-state index in [0.29, 0.717) is 0 Å². The first-order valence-corrected chi connectivity index (χ1v) is 10.4. The van der Waals surface area contributed by atoms with Crippen LogP contribution in [0.2, 0.25) is 0 Å². The van der Waals surface area contributed by atoms with Gasteiger partial charge in [-0.05, 0) is 31.5 Å². The fraction of sp³-hybridized carbons (Fsp3) is 0.429.